The number of esters is 1. The lowest BCUT2D eigenvalue weighted by atomic mass is 10.00. The first-order valence-electron chi connectivity index (χ1n) is 9.46. The summed E-state index contributed by atoms with van der Waals surface area (Å²) >= 11 is 0. The normalized spacial score (nSPS) is 11.8. The molecule has 0 saturated heterocycles. The lowest BCUT2D eigenvalue weighted by molar-refractivity contribution is 0.0585. The van der Waals surface area contributed by atoms with Crippen molar-refractivity contribution in [3.8, 4) is 0 Å². The van der Waals surface area contributed by atoms with Gasteiger partial charge in [-0.1, -0.05) is 12.1 Å². The van der Waals surface area contributed by atoms with Crippen LogP contribution in [0.25, 0.3) is 11.0 Å². The van der Waals surface area contributed by atoms with Crippen LogP contribution in [-0.2, 0) is 21.0 Å². The molecular formula is C22H24N2O5S. The van der Waals surface area contributed by atoms with Gasteiger partial charge in [-0.15, -0.1) is 0 Å². The van der Waals surface area contributed by atoms with Gasteiger partial charge in [0.05, 0.1) is 17.4 Å². The SMILES string of the molecule is COC(=O)c1c(Cc2ccc(S(C)(=O)=O)cc2)c(=O)c2ccc(C)nc2n1C(C)C. The molecule has 8 heteroatoms. The summed E-state index contributed by atoms with van der Waals surface area (Å²) in [4.78, 5) is 30.8. The van der Waals surface area contributed by atoms with Crippen molar-refractivity contribution < 1.29 is 17.9 Å². The third-order valence-electron chi connectivity index (χ3n) is 4.92. The van der Waals surface area contributed by atoms with Gasteiger partial charge in [-0.25, -0.2) is 18.2 Å². The van der Waals surface area contributed by atoms with Crippen LogP contribution >= 0.6 is 0 Å². The number of hydrogen-bond acceptors (Lipinski definition) is 6. The maximum absolute atomic E-state index is 13.3. The maximum Gasteiger partial charge on any atom is 0.355 e. The number of ether oxygens (including phenoxy) is 1. The summed E-state index contributed by atoms with van der Waals surface area (Å²) in [6.07, 6.45) is 1.29. The summed E-state index contributed by atoms with van der Waals surface area (Å²) in [5, 5.41) is 0.421. The number of aryl methyl sites for hydroxylation is 1. The molecule has 2 heterocycles. The molecule has 3 rings (SSSR count). The zero-order valence-corrected chi connectivity index (χ0v) is 18.4. The fraction of sp³-hybridized carbons (Fsp3) is 0.318. The van der Waals surface area contributed by atoms with Crippen molar-refractivity contribution >= 4 is 26.8 Å². The molecule has 0 N–H and O–H groups in total. The average molecular weight is 429 g/mol. The first-order valence-corrected chi connectivity index (χ1v) is 11.4. The Kier molecular flexibility index (Phi) is 5.81. The van der Waals surface area contributed by atoms with E-state index >= 15 is 0 Å². The Bertz CT molecular complexity index is 1290. The van der Waals surface area contributed by atoms with Crippen molar-refractivity contribution in [3.05, 3.63) is 69.1 Å². The molecule has 7 nitrogen and oxygen atoms in total. The highest BCUT2D eigenvalue weighted by atomic mass is 32.2. The molecule has 0 aliphatic heterocycles. The predicted molar refractivity (Wildman–Crippen MR) is 115 cm³/mol. The highest BCUT2D eigenvalue weighted by Gasteiger charge is 2.25. The Hall–Kier alpha value is -3.00. The van der Waals surface area contributed by atoms with Crippen LogP contribution in [0.2, 0.25) is 0 Å². The number of sulfone groups is 1. The number of rotatable bonds is 5. The van der Waals surface area contributed by atoms with Gasteiger partial charge in [0.15, 0.2) is 15.3 Å². The first kappa shape index (κ1) is 21.7. The Morgan fingerprint density at radius 1 is 1.13 bits per heavy atom. The van der Waals surface area contributed by atoms with Crippen molar-refractivity contribution in [1.29, 1.82) is 0 Å². The minimum atomic E-state index is -3.33. The Morgan fingerprint density at radius 3 is 2.30 bits per heavy atom. The van der Waals surface area contributed by atoms with Crippen molar-refractivity contribution in [2.75, 3.05) is 13.4 Å². The van der Waals surface area contributed by atoms with Crippen LogP contribution < -0.4 is 5.43 Å². The number of carbonyl (C=O) groups is 1. The lowest BCUT2D eigenvalue weighted by Gasteiger charge is -2.21. The highest BCUT2D eigenvalue weighted by molar-refractivity contribution is 7.90. The molecule has 0 fully saturated rings. The Labute approximate surface area is 175 Å². The molecule has 0 bridgehead atoms. The monoisotopic (exact) mass is 428 g/mol. The van der Waals surface area contributed by atoms with Gasteiger partial charge in [-0.2, -0.15) is 0 Å². The third kappa shape index (κ3) is 4.00. The molecule has 3 aromatic rings. The molecule has 0 spiro atoms. The number of fused-ring (bicyclic) bond motifs is 1. The lowest BCUT2D eigenvalue weighted by Crippen LogP contribution is -2.27. The van der Waals surface area contributed by atoms with Crippen LogP contribution in [0.5, 0.6) is 0 Å². The van der Waals surface area contributed by atoms with Gasteiger partial charge in [0.25, 0.3) is 0 Å². The fourth-order valence-electron chi connectivity index (χ4n) is 3.47. The Morgan fingerprint density at radius 2 is 1.77 bits per heavy atom. The number of carbonyl (C=O) groups excluding carboxylic acids is 1. The summed E-state index contributed by atoms with van der Waals surface area (Å²) in [6.45, 7) is 5.64. The number of hydrogen-bond donors (Lipinski definition) is 0. The zero-order chi connectivity index (χ0) is 22.2. The van der Waals surface area contributed by atoms with E-state index in [4.69, 9.17) is 4.74 Å². The van der Waals surface area contributed by atoms with Crippen molar-refractivity contribution in [2.45, 2.75) is 38.1 Å². The molecule has 0 unspecified atom stereocenters. The molecule has 1 aromatic carbocycles. The van der Waals surface area contributed by atoms with Gasteiger partial charge in [-0.3, -0.25) is 4.79 Å². The smallest absolute Gasteiger partial charge is 0.355 e. The molecule has 0 radical (unpaired) electrons. The van der Waals surface area contributed by atoms with E-state index in [1.54, 1.807) is 28.8 Å². The van der Waals surface area contributed by atoms with Gasteiger partial charge in [0, 0.05) is 30.0 Å². The van der Waals surface area contributed by atoms with E-state index in [2.05, 4.69) is 4.98 Å². The van der Waals surface area contributed by atoms with Crippen LogP contribution in [0.1, 0.15) is 47.2 Å². The maximum atomic E-state index is 13.3. The van der Waals surface area contributed by atoms with E-state index in [1.165, 1.54) is 19.2 Å². The van der Waals surface area contributed by atoms with Gasteiger partial charge in [0.2, 0.25) is 0 Å². The van der Waals surface area contributed by atoms with Crippen LogP contribution in [0.15, 0.2) is 46.1 Å². The van der Waals surface area contributed by atoms with E-state index in [0.29, 0.717) is 22.2 Å². The second-order valence-corrected chi connectivity index (χ2v) is 9.54. The van der Waals surface area contributed by atoms with Crippen molar-refractivity contribution in [2.24, 2.45) is 0 Å². The first-order chi connectivity index (χ1) is 14.0. The second kappa shape index (κ2) is 8.02. The molecule has 0 aliphatic carbocycles. The Balaban J connectivity index is 2.30. The van der Waals surface area contributed by atoms with E-state index in [9.17, 15) is 18.0 Å². The van der Waals surface area contributed by atoms with Crippen molar-refractivity contribution in [1.82, 2.24) is 9.55 Å². The largest absolute Gasteiger partial charge is 0.464 e. The topological polar surface area (TPSA) is 95.3 Å². The third-order valence-corrected chi connectivity index (χ3v) is 6.04. The van der Waals surface area contributed by atoms with Crippen LogP contribution in [0, 0.1) is 6.92 Å². The standard InChI is InChI=1S/C22H24N2O5S/c1-13(2)24-19(22(26)29-4)18(20(25)17-11-6-14(3)23-21(17)24)12-15-7-9-16(10-8-15)30(5,27)28/h6-11,13H,12H2,1-5H3. The van der Waals surface area contributed by atoms with E-state index < -0.39 is 15.8 Å². The minimum Gasteiger partial charge on any atom is -0.464 e. The zero-order valence-electron chi connectivity index (χ0n) is 17.6. The molecule has 0 atom stereocenters. The second-order valence-electron chi connectivity index (χ2n) is 7.53. The van der Waals surface area contributed by atoms with Crippen LogP contribution in [0.4, 0.5) is 0 Å². The number of pyridine rings is 2. The van der Waals surface area contributed by atoms with Gasteiger partial charge in [0.1, 0.15) is 11.3 Å². The summed E-state index contributed by atoms with van der Waals surface area (Å²) in [7, 11) is -2.05. The predicted octanol–water partition coefficient (Wildman–Crippen LogP) is 3.07. The summed E-state index contributed by atoms with van der Waals surface area (Å²) < 4.78 is 30.2. The van der Waals surface area contributed by atoms with Crippen molar-refractivity contribution in [3.63, 3.8) is 0 Å². The van der Waals surface area contributed by atoms with E-state index in [-0.39, 0.29) is 28.5 Å². The van der Waals surface area contributed by atoms with E-state index in [1.807, 2.05) is 20.8 Å². The van der Waals surface area contributed by atoms with Crippen LogP contribution in [-0.4, -0.2) is 37.3 Å². The number of benzene rings is 1. The summed E-state index contributed by atoms with van der Waals surface area (Å²) in [5.74, 6) is -0.617. The molecular weight excluding hydrogens is 404 g/mol. The number of methoxy groups -OCH3 is 1. The van der Waals surface area contributed by atoms with Crippen LogP contribution in [0.3, 0.4) is 0 Å². The molecule has 0 aliphatic rings. The van der Waals surface area contributed by atoms with E-state index in [0.717, 1.165) is 11.9 Å². The average Bonchev–Trinajstić information content (AvgIpc) is 2.68. The molecule has 2 aromatic heterocycles. The number of nitrogens with zero attached hydrogens (tertiary/aromatic N) is 2. The summed E-state index contributed by atoms with van der Waals surface area (Å²) in [5.41, 5.74) is 2.04. The molecule has 0 amide bonds. The van der Waals surface area contributed by atoms with Gasteiger partial charge >= 0.3 is 5.97 Å². The van der Waals surface area contributed by atoms with Gasteiger partial charge in [-0.05, 0) is 50.6 Å². The highest BCUT2D eigenvalue weighted by Crippen LogP contribution is 2.23. The van der Waals surface area contributed by atoms with Gasteiger partial charge < -0.3 is 9.30 Å². The molecule has 30 heavy (non-hydrogen) atoms. The summed E-state index contributed by atoms with van der Waals surface area (Å²) in [6, 6.07) is 9.61. The fourth-order valence-corrected chi connectivity index (χ4v) is 4.10. The molecule has 158 valence electrons. The quantitative estimate of drug-likeness (QED) is 0.580. The number of aromatic nitrogens is 2. The molecule has 0 saturated carbocycles. The minimum absolute atomic E-state index is 0.150.